The summed E-state index contributed by atoms with van der Waals surface area (Å²) in [5.41, 5.74) is 0.922. The SMILES string of the molecule is C=C/C(O)=C(/O)C=C(C)C. The number of rotatable bonds is 2. The number of aliphatic hydroxyl groups is 2. The fraction of sp³-hybridized carbons (Fsp3) is 0.250. The van der Waals surface area contributed by atoms with Crippen molar-refractivity contribution in [3.05, 3.63) is 35.8 Å². The number of hydrogen-bond donors (Lipinski definition) is 2. The van der Waals surface area contributed by atoms with Crippen LogP contribution in [0.15, 0.2) is 35.8 Å². The van der Waals surface area contributed by atoms with Crippen molar-refractivity contribution in [2.75, 3.05) is 0 Å². The van der Waals surface area contributed by atoms with Gasteiger partial charge in [0.15, 0.2) is 11.5 Å². The molecule has 0 aliphatic rings. The molecule has 0 fully saturated rings. The van der Waals surface area contributed by atoms with Crippen molar-refractivity contribution in [2.24, 2.45) is 0 Å². The van der Waals surface area contributed by atoms with Gasteiger partial charge in [-0.15, -0.1) is 0 Å². The van der Waals surface area contributed by atoms with E-state index in [9.17, 15) is 0 Å². The lowest BCUT2D eigenvalue weighted by Gasteiger charge is -1.94. The van der Waals surface area contributed by atoms with Crippen molar-refractivity contribution in [2.45, 2.75) is 13.8 Å². The van der Waals surface area contributed by atoms with E-state index in [4.69, 9.17) is 10.2 Å². The van der Waals surface area contributed by atoms with Gasteiger partial charge in [0.2, 0.25) is 0 Å². The minimum Gasteiger partial charge on any atom is -0.504 e. The summed E-state index contributed by atoms with van der Waals surface area (Å²) >= 11 is 0. The third-order valence-corrected chi connectivity index (χ3v) is 0.881. The van der Waals surface area contributed by atoms with Crippen LogP contribution in [0.1, 0.15) is 13.8 Å². The van der Waals surface area contributed by atoms with E-state index in [1.807, 2.05) is 13.8 Å². The molecule has 0 unspecified atom stereocenters. The molecular weight excluding hydrogens is 128 g/mol. The van der Waals surface area contributed by atoms with Gasteiger partial charge in [-0.2, -0.15) is 0 Å². The summed E-state index contributed by atoms with van der Waals surface area (Å²) in [4.78, 5) is 0. The highest BCUT2D eigenvalue weighted by Gasteiger charge is 1.93. The smallest absolute Gasteiger partial charge is 0.157 e. The Balaban J connectivity index is 4.48. The molecule has 0 aromatic rings. The maximum atomic E-state index is 8.97. The van der Waals surface area contributed by atoms with Crippen LogP contribution in [0.2, 0.25) is 0 Å². The van der Waals surface area contributed by atoms with E-state index in [2.05, 4.69) is 6.58 Å². The van der Waals surface area contributed by atoms with Crippen molar-refractivity contribution in [3.63, 3.8) is 0 Å². The predicted octanol–water partition coefficient (Wildman–Crippen LogP) is 2.47. The molecule has 0 spiro atoms. The van der Waals surface area contributed by atoms with Gasteiger partial charge >= 0.3 is 0 Å². The van der Waals surface area contributed by atoms with E-state index >= 15 is 0 Å². The standard InChI is InChI=1S/C8H12O2/c1-4-7(9)8(10)5-6(2)3/h4-5,9-10H,1H2,2-3H3/b8-7-. The van der Waals surface area contributed by atoms with Gasteiger partial charge in [0.1, 0.15) is 0 Å². The summed E-state index contributed by atoms with van der Waals surface area (Å²) in [7, 11) is 0. The van der Waals surface area contributed by atoms with Crippen LogP contribution >= 0.6 is 0 Å². The van der Waals surface area contributed by atoms with Gasteiger partial charge in [-0.1, -0.05) is 12.2 Å². The first-order valence-corrected chi connectivity index (χ1v) is 2.97. The van der Waals surface area contributed by atoms with Crippen molar-refractivity contribution in [1.82, 2.24) is 0 Å². The fourth-order valence-corrected chi connectivity index (χ4v) is 0.452. The minimum absolute atomic E-state index is 0.144. The maximum absolute atomic E-state index is 8.97. The molecule has 0 radical (unpaired) electrons. The van der Waals surface area contributed by atoms with Gasteiger partial charge in [-0.3, -0.25) is 0 Å². The number of allylic oxidation sites excluding steroid dienone is 3. The second-order valence-electron chi connectivity index (χ2n) is 2.20. The number of hydrogen-bond acceptors (Lipinski definition) is 2. The van der Waals surface area contributed by atoms with Crippen LogP contribution in [0, 0.1) is 0 Å². The third-order valence-electron chi connectivity index (χ3n) is 0.881. The second kappa shape index (κ2) is 3.77. The van der Waals surface area contributed by atoms with Crippen molar-refractivity contribution in [1.29, 1.82) is 0 Å². The Morgan fingerprint density at radius 2 is 1.70 bits per heavy atom. The van der Waals surface area contributed by atoms with Crippen molar-refractivity contribution in [3.8, 4) is 0 Å². The highest BCUT2D eigenvalue weighted by molar-refractivity contribution is 5.23. The van der Waals surface area contributed by atoms with Crippen molar-refractivity contribution >= 4 is 0 Å². The summed E-state index contributed by atoms with van der Waals surface area (Å²) < 4.78 is 0. The molecule has 0 atom stereocenters. The molecule has 2 N–H and O–H groups in total. The molecule has 0 amide bonds. The first-order chi connectivity index (χ1) is 4.57. The molecule has 2 nitrogen and oxygen atoms in total. The average molecular weight is 140 g/mol. The van der Waals surface area contributed by atoms with Crippen LogP contribution in [0.4, 0.5) is 0 Å². The molecule has 0 aromatic carbocycles. The van der Waals surface area contributed by atoms with E-state index in [-0.39, 0.29) is 11.5 Å². The molecule has 56 valence electrons. The molecule has 0 bridgehead atoms. The van der Waals surface area contributed by atoms with E-state index in [0.29, 0.717) is 0 Å². The Kier molecular flexibility index (Phi) is 3.33. The Labute approximate surface area is 60.8 Å². The zero-order chi connectivity index (χ0) is 8.15. The number of aliphatic hydroxyl groups excluding tert-OH is 2. The van der Waals surface area contributed by atoms with Gasteiger partial charge in [-0.05, 0) is 26.0 Å². The van der Waals surface area contributed by atoms with Crippen LogP contribution < -0.4 is 0 Å². The van der Waals surface area contributed by atoms with Gasteiger partial charge in [-0.25, -0.2) is 0 Å². The minimum atomic E-state index is -0.193. The van der Waals surface area contributed by atoms with Crippen LogP contribution in [-0.2, 0) is 0 Å². The zero-order valence-electron chi connectivity index (χ0n) is 6.26. The molecule has 0 rings (SSSR count). The van der Waals surface area contributed by atoms with Gasteiger partial charge in [0.05, 0.1) is 0 Å². The molecule has 0 aliphatic heterocycles. The first kappa shape index (κ1) is 8.82. The monoisotopic (exact) mass is 140 g/mol. The molecule has 2 heteroatoms. The van der Waals surface area contributed by atoms with Crippen molar-refractivity contribution < 1.29 is 10.2 Å². The Morgan fingerprint density at radius 3 is 2.00 bits per heavy atom. The lowest BCUT2D eigenvalue weighted by molar-refractivity contribution is 0.352. The van der Waals surface area contributed by atoms with Gasteiger partial charge in [0.25, 0.3) is 0 Å². The molecule has 0 saturated heterocycles. The summed E-state index contributed by atoms with van der Waals surface area (Å²) in [6, 6.07) is 0. The summed E-state index contributed by atoms with van der Waals surface area (Å²) in [5, 5.41) is 17.8. The van der Waals surface area contributed by atoms with Crippen LogP contribution in [0.3, 0.4) is 0 Å². The Hall–Kier alpha value is -1.18. The maximum Gasteiger partial charge on any atom is 0.157 e. The van der Waals surface area contributed by atoms with Crippen LogP contribution in [0.5, 0.6) is 0 Å². The normalized spacial score (nSPS) is 11.8. The van der Waals surface area contributed by atoms with Crippen LogP contribution in [0.25, 0.3) is 0 Å². The first-order valence-electron chi connectivity index (χ1n) is 2.97. The highest BCUT2D eigenvalue weighted by atomic mass is 16.3. The Bertz CT molecular complexity index is 183. The lowest BCUT2D eigenvalue weighted by Crippen LogP contribution is -1.83. The second-order valence-corrected chi connectivity index (χ2v) is 2.20. The van der Waals surface area contributed by atoms with Crippen LogP contribution in [-0.4, -0.2) is 10.2 Å². The largest absolute Gasteiger partial charge is 0.504 e. The highest BCUT2D eigenvalue weighted by Crippen LogP contribution is 2.02. The molecule has 0 heterocycles. The fourth-order valence-electron chi connectivity index (χ4n) is 0.452. The van der Waals surface area contributed by atoms with E-state index in [0.717, 1.165) is 5.57 Å². The predicted molar refractivity (Wildman–Crippen MR) is 41.9 cm³/mol. The molecule has 0 aromatic heterocycles. The quantitative estimate of drug-likeness (QED) is 0.457. The van der Waals surface area contributed by atoms with E-state index < -0.39 is 0 Å². The van der Waals surface area contributed by atoms with Gasteiger partial charge < -0.3 is 10.2 Å². The molecule has 10 heavy (non-hydrogen) atoms. The van der Waals surface area contributed by atoms with E-state index in [1.165, 1.54) is 12.2 Å². The zero-order valence-corrected chi connectivity index (χ0v) is 6.26. The molecular formula is C8H12O2. The van der Waals surface area contributed by atoms with E-state index in [1.54, 1.807) is 0 Å². The summed E-state index contributed by atoms with van der Waals surface area (Å²) in [6.45, 7) is 6.94. The topological polar surface area (TPSA) is 40.5 Å². The summed E-state index contributed by atoms with van der Waals surface area (Å²) in [6.07, 6.45) is 2.66. The molecule has 0 saturated carbocycles. The van der Waals surface area contributed by atoms with Gasteiger partial charge in [0, 0.05) is 0 Å². The molecule has 0 aliphatic carbocycles. The Morgan fingerprint density at radius 1 is 1.20 bits per heavy atom. The third kappa shape index (κ3) is 2.97. The summed E-state index contributed by atoms with van der Waals surface area (Å²) in [5.74, 6) is -0.337. The lowest BCUT2D eigenvalue weighted by atomic mass is 10.3. The average Bonchev–Trinajstić information content (AvgIpc) is 1.85.